The summed E-state index contributed by atoms with van der Waals surface area (Å²) in [5.41, 5.74) is 2.02. The van der Waals surface area contributed by atoms with Crippen molar-refractivity contribution in [3.8, 4) is 0 Å². The van der Waals surface area contributed by atoms with Crippen molar-refractivity contribution < 1.29 is 9.21 Å². The van der Waals surface area contributed by atoms with Crippen LogP contribution in [0.3, 0.4) is 0 Å². The number of nitrogens with zero attached hydrogens (tertiary/aromatic N) is 1. The van der Waals surface area contributed by atoms with E-state index in [0.29, 0.717) is 16.7 Å². The molecule has 1 aliphatic heterocycles. The van der Waals surface area contributed by atoms with E-state index in [1.165, 1.54) is 18.9 Å². The zero-order valence-electron chi connectivity index (χ0n) is 15.3. The van der Waals surface area contributed by atoms with E-state index >= 15 is 0 Å². The Morgan fingerprint density at radius 2 is 1.78 bits per heavy atom. The fourth-order valence-electron chi connectivity index (χ4n) is 3.43. The summed E-state index contributed by atoms with van der Waals surface area (Å²) < 4.78 is 5.59. The first-order valence-electron chi connectivity index (χ1n) is 9.29. The lowest BCUT2D eigenvalue weighted by Crippen LogP contribution is -2.32. The van der Waals surface area contributed by atoms with Gasteiger partial charge < -0.3 is 14.6 Å². The van der Waals surface area contributed by atoms with Crippen LogP contribution in [0.15, 0.2) is 63.8 Å². The standard InChI is InChI=1S/C22H22N2O3/c1-15-10-12-24(13-11-15)17-8-6-16(7-9-17)23-22(26)21-14-19(25)18-4-2-3-5-20(18)27-21/h2-9,14-15H,10-13H2,1H3,(H,23,26). The topological polar surface area (TPSA) is 62.6 Å². The maximum absolute atomic E-state index is 12.5. The number of para-hydroxylation sites is 1. The van der Waals surface area contributed by atoms with Gasteiger partial charge in [0.05, 0.1) is 5.39 Å². The van der Waals surface area contributed by atoms with Gasteiger partial charge in [0.15, 0.2) is 11.2 Å². The number of nitrogens with one attached hydrogen (secondary N) is 1. The molecule has 0 bridgehead atoms. The van der Waals surface area contributed by atoms with Gasteiger partial charge >= 0.3 is 0 Å². The lowest BCUT2D eigenvalue weighted by Gasteiger charge is -2.32. The molecule has 4 rings (SSSR count). The summed E-state index contributed by atoms with van der Waals surface area (Å²) in [6.45, 7) is 4.42. The number of carbonyl (C=O) groups excluding carboxylic acids is 1. The lowest BCUT2D eigenvalue weighted by molar-refractivity contribution is 0.0997. The smallest absolute Gasteiger partial charge is 0.291 e. The van der Waals surface area contributed by atoms with Gasteiger partial charge in [-0.25, -0.2) is 0 Å². The minimum atomic E-state index is -0.433. The Balaban J connectivity index is 1.49. The van der Waals surface area contributed by atoms with Crippen molar-refractivity contribution in [2.45, 2.75) is 19.8 Å². The minimum absolute atomic E-state index is 0.00722. The van der Waals surface area contributed by atoms with Crippen molar-refractivity contribution in [1.82, 2.24) is 0 Å². The molecule has 0 spiro atoms. The number of benzene rings is 2. The lowest BCUT2D eigenvalue weighted by atomic mass is 9.99. The molecular weight excluding hydrogens is 340 g/mol. The number of piperidine rings is 1. The monoisotopic (exact) mass is 362 g/mol. The number of rotatable bonds is 3. The SMILES string of the molecule is CC1CCN(c2ccc(NC(=O)c3cc(=O)c4ccccc4o3)cc2)CC1. The molecule has 1 N–H and O–H groups in total. The molecule has 0 saturated carbocycles. The second-order valence-electron chi connectivity index (χ2n) is 7.14. The van der Waals surface area contributed by atoms with Crippen LogP contribution in [-0.2, 0) is 0 Å². The van der Waals surface area contributed by atoms with E-state index in [1.807, 2.05) is 24.3 Å². The minimum Gasteiger partial charge on any atom is -0.451 e. The first-order chi connectivity index (χ1) is 13.1. The molecule has 2 heterocycles. The maximum Gasteiger partial charge on any atom is 0.291 e. The van der Waals surface area contributed by atoms with Crippen molar-refractivity contribution in [2.24, 2.45) is 5.92 Å². The Bertz CT molecular complexity index is 1020. The molecule has 1 saturated heterocycles. The molecule has 5 heteroatoms. The van der Waals surface area contributed by atoms with Crippen LogP contribution < -0.4 is 15.6 Å². The Morgan fingerprint density at radius 1 is 1.07 bits per heavy atom. The highest BCUT2D eigenvalue weighted by atomic mass is 16.3. The van der Waals surface area contributed by atoms with Crippen molar-refractivity contribution in [3.05, 3.63) is 70.6 Å². The molecule has 1 aliphatic rings. The van der Waals surface area contributed by atoms with E-state index < -0.39 is 5.91 Å². The van der Waals surface area contributed by atoms with Crippen LogP contribution in [0.25, 0.3) is 11.0 Å². The van der Waals surface area contributed by atoms with Crippen LogP contribution in [0.5, 0.6) is 0 Å². The first-order valence-corrected chi connectivity index (χ1v) is 9.29. The summed E-state index contributed by atoms with van der Waals surface area (Å²) in [5, 5.41) is 3.26. The normalized spacial score (nSPS) is 15.1. The second-order valence-corrected chi connectivity index (χ2v) is 7.14. The van der Waals surface area contributed by atoms with Gasteiger partial charge in [0, 0.05) is 30.5 Å². The molecule has 0 aliphatic carbocycles. The number of amides is 1. The molecule has 2 aromatic carbocycles. The van der Waals surface area contributed by atoms with E-state index in [9.17, 15) is 9.59 Å². The largest absolute Gasteiger partial charge is 0.451 e. The van der Waals surface area contributed by atoms with Gasteiger partial charge in [-0.15, -0.1) is 0 Å². The van der Waals surface area contributed by atoms with Crippen molar-refractivity contribution in [1.29, 1.82) is 0 Å². The molecule has 1 amide bonds. The first kappa shape index (κ1) is 17.3. The van der Waals surface area contributed by atoms with E-state index in [1.54, 1.807) is 24.3 Å². The summed E-state index contributed by atoms with van der Waals surface area (Å²) in [6.07, 6.45) is 2.42. The van der Waals surface area contributed by atoms with Crippen molar-refractivity contribution in [2.75, 3.05) is 23.3 Å². The number of fused-ring (bicyclic) bond motifs is 1. The molecule has 1 fully saturated rings. The zero-order chi connectivity index (χ0) is 18.8. The third kappa shape index (κ3) is 3.72. The van der Waals surface area contributed by atoms with Gasteiger partial charge in [-0.1, -0.05) is 19.1 Å². The average molecular weight is 362 g/mol. The molecular formula is C22H22N2O3. The van der Waals surface area contributed by atoms with E-state index in [4.69, 9.17) is 4.42 Å². The molecule has 0 atom stereocenters. The predicted molar refractivity (Wildman–Crippen MR) is 107 cm³/mol. The van der Waals surface area contributed by atoms with Crippen LogP contribution >= 0.6 is 0 Å². The van der Waals surface area contributed by atoms with E-state index in [2.05, 4.69) is 17.1 Å². The van der Waals surface area contributed by atoms with Gasteiger partial charge in [-0.05, 0) is 55.2 Å². The Hall–Kier alpha value is -3.08. The highest BCUT2D eigenvalue weighted by molar-refractivity contribution is 6.03. The summed E-state index contributed by atoms with van der Waals surface area (Å²) in [6, 6.07) is 15.9. The summed E-state index contributed by atoms with van der Waals surface area (Å²) in [7, 11) is 0. The molecule has 1 aromatic heterocycles. The summed E-state index contributed by atoms with van der Waals surface area (Å²) in [5.74, 6) is 0.363. The molecule has 5 nitrogen and oxygen atoms in total. The molecule has 27 heavy (non-hydrogen) atoms. The van der Waals surface area contributed by atoms with E-state index in [0.717, 1.165) is 24.7 Å². The van der Waals surface area contributed by atoms with Crippen LogP contribution in [0.2, 0.25) is 0 Å². The van der Waals surface area contributed by atoms with Crippen molar-refractivity contribution in [3.63, 3.8) is 0 Å². The zero-order valence-corrected chi connectivity index (χ0v) is 15.3. The number of hydrogen-bond donors (Lipinski definition) is 1. The van der Waals surface area contributed by atoms with Gasteiger partial charge in [-0.2, -0.15) is 0 Å². The highest BCUT2D eigenvalue weighted by Crippen LogP contribution is 2.24. The molecule has 0 unspecified atom stereocenters. The predicted octanol–water partition coefficient (Wildman–Crippen LogP) is 4.28. The van der Waals surface area contributed by atoms with Crippen LogP contribution in [0, 0.1) is 5.92 Å². The van der Waals surface area contributed by atoms with Crippen LogP contribution in [-0.4, -0.2) is 19.0 Å². The number of carbonyl (C=O) groups is 1. The molecule has 138 valence electrons. The second kappa shape index (κ2) is 7.27. The quantitative estimate of drug-likeness (QED) is 0.755. The van der Waals surface area contributed by atoms with Gasteiger partial charge in [0.1, 0.15) is 5.58 Å². The van der Waals surface area contributed by atoms with Gasteiger partial charge in [-0.3, -0.25) is 9.59 Å². The average Bonchev–Trinajstić information content (AvgIpc) is 2.69. The van der Waals surface area contributed by atoms with Gasteiger partial charge in [0.2, 0.25) is 0 Å². The third-order valence-electron chi connectivity index (χ3n) is 5.13. The number of hydrogen-bond acceptors (Lipinski definition) is 4. The van der Waals surface area contributed by atoms with Crippen LogP contribution in [0.1, 0.15) is 30.3 Å². The fourth-order valence-corrected chi connectivity index (χ4v) is 3.43. The van der Waals surface area contributed by atoms with Crippen LogP contribution in [0.4, 0.5) is 11.4 Å². The third-order valence-corrected chi connectivity index (χ3v) is 5.13. The Kier molecular flexibility index (Phi) is 4.67. The Morgan fingerprint density at radius 3 is 2.52 bits per heavy atom. The maximum atomic E-state index is 12.5. The fraction of sp³-hybridized carbons (Fsp3) is 0.273. The van der Waals surface area contributed by atoms with E-state index in [-0.39, 0.29) is 11.2 Å². The Labute approximate surface area is 157 Å². The molecule has 3 aromatic rings. The van der Waals surface area contributed by atoms with Crippen molar-refractivity contribution >= 4 is 28.3 Å². The molecule has 0 radical (unpaired) electrons. The highest BCUT2D eigenvalue weighted by Gasteiger charge is 2.16. The summed E-state index contributed by atoms with van der Waals surface area (Å²) in [4.78, 5) is 27.0. The van der Waals surface area contributed by atoms with Gasteiger partial charge in [0.25, 0.3) is 5.91 Å². The number of anilines is 2. The summed E-state index contributed by atoms with van der Waals surface area (Å²) >= 11 is 0.